The van der Waals surface area contributed by atoms with E-state index in [1.54, 1.807) is 0 Å². The quantitative estimate of drug-likeness (QED) is 0.188. The van der Waals surface area contributed by atoms with E-state index in [2.05, 4.69) is 121 Å². The Kier molecular flexibility index (Phi) is 5.17. The molecule has 0 saturated heterocycles. The lowest BCUT2D eigenvalue weighted by atomic mass is 9.76. The predicted molar refractivity (Wildman–Crippen MR) is 189 cm³/mol. The van der Waals surface area contributed by atoms with Crippen LogP contribution in [0.15, 0.2) is 122 Å². The Hall–Kier alpha value is -6.01. The summed E-state index contributed by atoms with van der Waals surface area (Å²) in [5, 5.41) is 4.44. The Morgan fingerprint density at radius 2 is 1.45 bits per heavy atom. The second kappa shape index (κ2) is 9.27. The van der Waals surface area contributed by atoms with Gasteiger partial charge in [0, 0.05) is 62.7 Å². The van der Waals surface area contributed by atoms with Crippen LogP contribution in [-0.4, -0.2) is 23.9 Å². The van der Waals surface area contributed by atoms with Crippen LogP contribution >= 0.6 is 0 Å². The van der Waals surface area contributed by atoms with Gasteiger partial charge in [0.25, 0.3) is 0 Å². The minimum Gasteiger partial charge on any atom is -0.457 e. The third-order valence-corrected chi connectivity index (χ3v) is 10.0. The predicted octanol–water partition coefficient (Wildman–Crippen LogP) is 9.93. The van der Waals surface area contributed by atoms with E-state index in [0.717, 1.165) is 61.5 Å². The summed E-state index contributed by atoms with van der Waals surface area (Å²) in [4.78, 5) is 14.9. The minimum absolute atomic E-state index is 0.159. The van der Waals surface area contributed by atoms with Crippen molar-refractivity contribution < 1.29 is 4.74 Å². The van der Waals surface area contributed by atoms with E-state index >= 15 is 0 Å². The Morgan fingerprint density at radius 3 is 2.34 bits per heavy atom. The SMILES string of the molecule is Cc1ccccc1-c1cn2c3cccnc3c3ccc(Oc4ccc5c6cccc7c6n(c5c4)-c4ncccc4C7(C)C)cc3c2n1. The summed E-state index contributed by atoms with van der Waals surface area (Å²) in [6.07, 6.45) is 5.85. The summed E-state index contributed by atoms with van der Waals surface area (Å²) < 4.78 is 11.1. The largest absolute Gasteiger partial charge is 0.457 e. The van der Waals surface area contributed by atoms with Gasteiger partial charge in [-0.3, -0.25) is 14.0 Å². The number of benzene rings is 4. The second-order valence-corrected chi connectivity index (χ2v) is 13.0. The van der Waals surface area contributed by atoms with Crippen LogP contribution in [0.4, 0.5) is 0 Å². The van der Waals surface area contributed by atoms with E-state index in [0.29, 0.717) is 0 Å². The highest BCUT2D eigenvalue weighted by molar-refractivity contribution is 6.12. The summed E-state index contributed by atoms with van der Waals surface area (Å²) in [6, 6.07) is 35.9. The first-order valence-corrected chi connectivity index (χ1v) is 15.9. The van der Waals surface area contributed by atoms with Crippen molar-refractivity contribution in [2.45, 2.75) is 26.2 Å². The molecule has 4 aromatic carbocycles. The molecule has 0 unspecified atom stereocenters. The molecule has 0 fully saturated rings. The third-order valence-electron chi connectivity index (χ3n) is 10.0. The van der Waals surface area contributed by atoms with E-state index < -0.39 is 0 Å². The Balaban J connectivity index is 1.16. The number of pyridine rings is 3. The number of imidazole rings is 1. The van der Waals surface area contributed by atoms with Crippen LogP contribution in [0, 0.1) is 6.92 Å². The van der Waals surface area contributed by atoms with Gasteiger partial charge >= 0.3 is 0 Å². The molecule has 10 rings (SSSR count). The second-order valence-electron chi connectivity index (χ2n) is 13.0. The molecule has 0 spiro atoms. The van der Waals surface area contributed by atoms with Crippen LogP contribution in [-0.2, 0) is 5.41 Å². The number of aromatic nitrogens is 5. The van der Waals surface area contributed by atoms with Crippen molar-refractivity contribution in [2.75, 3.05) is 0 Å². The van der Waals surface area contributed by atoms with Gasteiger partial charge in [0.05, 0.1) is 27.8 Å². The fourth-order valence-corrected chi connectivity index (χ4v) is 7.70. The highest BCUT2D eigenvalue weighted by Crippen LogP contribution is 2.47. The summed E-state index contributed by atoms with van der Waals surface area (Å²) in [6.45, 7) is 6.70. The number of aryl methyl sites for hydroxylation is 1. The molecule has 47 heavy (non-hydrogen) atoms. The number of rotatable bonds is 3. The Bertz CT molecular complexity index is 2770. The zero-order valence-electron chi connectivity index (χ0n) is 26.2. The zero-order chi connectivity index (χ0) is 31.4. The molecule has 0 saturated carbocycles. The van der Waals surface area contributed by atoms with Crippen molar-refractivity contribution in [3.05, 3.63) is 138 Å². The van der Waals surface area contributed by atoms with Gasteiger partial charge < -0.3 is 4.74 Å². The van der Waals surface area contributed by atoms with Crippen LogP contribution in [0.5, 0.6) is 11.5 Å². The van der Waals surface area contributed by atoms with Crippen molar-refractivity contribution >= 4 is 49.3 Å². The van der Waals surface area contributed by atoms with Crippen LogP contribution in [0.25, 0.3) is 66.3 Å². The minimum atomic E-state index is -0.159. The van der Waals surface area contributed by atoms with E-state index in [1.165, 1.54) is 33.0 Å². The molecule has 0 amide bonds. The van der Waals surface area contributed by atoms with Crippen molar-refractivity contribution in [3.8, 4) is 28.6 Å². The fraction of sp³-hybridized carbons (Fsp3) is 0.0976. The number of hydrogen-bond donors (Lipinski definition) is 0. The lowest BCUT2D eigenvalue weighted by Gasteiger charge is -2.33. The molecule has 5 aromatic heterocycles. The molecule has 6 heterocycles. The van der Waals surface area contributed by atoms with Crippen molar-refractivity contribution in [1.29, 1.82) is 0 Å². The highest BCUT2D eigenvalue weighted by atomic mass is 16.5. The zero-order valence-corrected chi connectivity index (χ0v) is 26.2. The van der Waals surface area contributed by atoms with E-state index in [1.807, 2.05) is 30.6 Å². The molecule has 0 atom stereocenters. The Labute approximate surface area is 270 Å². The van der Waals surface area contributed by atoms with Gasteiger partial charge in [-0.2, -0.15) is 0 Å². The van der Waals surface area contributed by atoms with Gasteiger partial charge in [-0.1, -0.05) is 62.4 Å². The standard InChI is InChI=1S/C41H29N5O/c1-24-9-4-5-10-27(24)34-23-45-35-14-8-19-42-37(35)29-18-16-25(21-31(29)39(45)44-34)47-26-15-17-28-30-11-6-12-32-38(30)46(36(28)22-26)40-33(41(32,2)3)13-7-20-43-40/h4-23H,1-3H3. The normalized spacial score (nSPS) is 13.6. The molecule has 6 heteroatoms. The first-order chi connectivity index (χ1) is 23.0. The molecule has 224 valence electrons. The number of para-hydroxylation sites is 1. The Morgan fingerprint density at radius 1 is 0.660 bits per heavy atom. The average Bonchev–Trinajstić information content (AvgIpc) is 3.68. The van der Waals surface area contributed by atoms with E-state index in [-0.39, 0.29) is 5.41 Å². The maximum Gasteiger partial charge on any atom is 0.146 e. The van der Waals surface area contributed by atoms with Crippen molar-refractivity contribution in [1.82, 2.24) is 23.9 Å². The van der Waals surface area contributed by atoms with Gasteiger partial charge in [0.2, 0.25) is 0 Å². The monoisotopic (exact) mass is 607 g/mol. The molecule has 9 aromatic rings. The highest BCUT2D eigenvalue weighted by Gasteiger charge is 2.35. The third kappa shape index (κ3) is 3.58. The molecular weight excluding hydrogens is 578 g/mol. The maximum absolute atomic E-state index is 6.65. The van der Waals surface area contributed by atoms with Crippen molar-refractivity contribution in [3.63, 3.8) is 0 Å². The summed E-state index contributed by atoms with van der Waals surface area (Å²) in [5.74, 6) is 2.48. The van der Waals surface area contributed by atoms with Gasteiger partial charge in [0.15, 0.2) is 0 Å². The lowest BCUT2D eigenvalue weighted by molar-refractivity contribution is 0.484. The average molecular weight is 608 g/mol. The van der Waals surface area contributed by atoms with E-state index in [9.17, 15) is 0 Å². The number of fused-ring (bicyclic) bond motifs is 11. The number of nitrogens with zero attached hydrogens (tertiary/aromatic N) is 5. The van der Waals surface area contributed by atoms with Crippen molar-refractivity contribution in [2.24, 2.45) is 0 Å². The van der Waals surface area contributed by atoms with Gasteiger partial charge in [0.1, 0.15) is 23.0 Å². The van der Waals surface area contributed by atoms with Crippen LogP contribution < -0.4 is 4.74 Å². The first-order valence-electron chi connectivity index (χ1n) is 15.9. The smallest absolute Gasteiger partial charge is 0.146 e. The van der Waals surface area contributed by atoms with Crippen LogP contribution in [0.2, 0.25) is 0 Å². The lowest BCUT2D eigenvalue weighted by Crippen LogP contribution is -2.26. The van der Waals surface area contributed by atoms with Gasteiger partial charge in [-0.25, -0.2) is 9.97 Å². The van der Waals surface area contributed by atoms with Gasteiger partial charge in [-0.05, 0) is 66.6 Å². The number of hydrogen-bond acceptors (Lipinski definition) is 4. The summed E-state index contributed by atoms with van der Waals surface area (Å²) >= 11 is 0. The molecule has 1 aliphatic heterocycles. The summed E-state index contributed by atoms with van der Waals surface area (Å²) in [5.41, 5.74) is 10.7. The van der Waals surface area contributed by atoms with E-state index in [4.69, 9.17) is 19.7 Å². The molecule has 0 radical (unpaired) electrons. The maximum atomic E-state index is 6.65. The molecule has 1 aliphatic rings. The molecule has 6 nitrogen and oxygen atoms in total. The number of ether oxygens (including phenoxy) is 1. The first kappa shape index (κ1) is 26.2. The molecular formula is C41H29N5O. The molecule has 0 bridgehead atoms. The summed E-state index contributed by atoms with van der Waals surface area (Å²) in [7, 11) is 0. The van der Waals surface area contributed by atoms with Gasteiger partial charge in [-0.15, -0.1) is 0 Å². The van der Waals surface area contributed by atoms with Crippen LogP contribution in [0.3, 0.4) is 0 Å². The fourth-order valence-electron chi connectivity index (χ4n) is 7.70. The molecule has 0 aliphatic carbocycles. The topological polar surface area (TPSA) is 57.2 Å². The molecule has 0 N–H and O–H groups in total. The van der Waals surface area contributed by atoms with Crippen LogP contribution in [0.1, 0.15) is 30.5 Å².